The van der Waals surface area contributed by atoms with Gasteiger partial charge in [-0.3, -0.25) is 4.79 Å². The number of carbonyl (C=O) groups excluding carboxylic acids is 1. The maximum absolute atomic E-state index is 13.6. The molecule has 0 aromatic carbocycles. The van der Waals surface area contributed by atoms with Crippen molar-refractivity contribution in [2.45, 2.75) is 6.92 Å². The predicted molar refractivity (Wildman–Crippen MR) is 97.6 cm³/mol. The van der Waals surface area contributed by atoms with E-state index in [1.807, 2.05) is 0 Å². The van der Waals surface area contributed by atoms with Crippen molar-refractivity contribution in [2.75, 3.05) is 24.0 Å². The Kier molecular flexibility index (Phi) is 6.03. The number of aromatic nitrogens is 2. The van der Waals surface area contributed by atoms with E-state index in [2.05, 4.69) is 9.97 Å². The second kappa shape index (κ2) is 7.53. The van der Waals surface area contributed by atoms with Crippen LogP contribution in [0.2, 0.25) is 10.3 Å². The van der Waals surface area contributed by atoms with Crippen LogP contribution >= 0.6 is 34.5 Å². The minimum absolute atomic E-state index is 0.0535. The molecule has 0 aliphatic rings. The van der Waals surface area contributed by atoms with E-state index in [-0.39, 0.29) is 16.1 Å². The number of hydrogen-bond acceptors (Lipinski definition) is 6. The second-order valence-electron chi connectivity index (χ2n) is 5.50. The number of thiazole rings is 1. The molecule has 2 rings (SSSR count). The summed E-state index contributed by atoms with van der Waals surface area (Å²) in [4.78, 5) is 21.5. The summed E-state index contributed by atoms with van der Waals surface area (Å²) in [5.41, 5.74) is 0.366. The van der Waals surface area contributed by atoms with Gasteiger partial charge in [-0.05, 0) is 6.07 Å². The smallest absolute Gasteiger partial charge is 0.231 e. The van der Waals surface area contributed by atoms with Crippen LogP contribution in [0.4, 0.5) is 9.39 Å². The van der Waals surface area contributed by atoms with Crippen molar-refractivity contribution in [3.8, 4) is 10.6 Å². The molecule has 25 heavy (non-hydrogen) atoms. The summed E-state index contributed by atoms with van der Waals surface area (Å²) in [6, 6.07) is 1.17. The van der Waals surface area contributed by atoms with Gasteiger partial charge >= 0.3 is 0 Å². The van der Waals surface area contributed by atoms with E-state index in [9.17, 15) is 17.6 Å². The van der Waals surface area contributed by atoms with Gasteiger partial charge in [0, 0.05) is 31.0 Å². The largest absolute Gasteiger partial charge is 0.304 e. The fraction of sp³-hybridized carbons (Fsp3) is 0.357. The van der Waals surface area contributed by atoms with Crippen molar-refractivity contribution in [2.24, 2.45) is 5.92 Å². The van der Waals surface area contributed by atoms with E-state index < -0.39 is 27.5 Å². The first-order valence-corrected chi connectivity index (χ1v) is 10.6. The lowest BCUT2D eigenvalue weighted by atomic mass is 10.2. The fourth-order valence-electron chi connectivity index (χ4n) is 2.12. The van der Waals surface area contributed by atoms with Crippen LogP contribution in [0.5, 0.6) is 0 Å². The minimum atomic E-state index is -3.30. The number of hydrogen-bond donors (Lipinski definition) is 0. The van der Waals surface area contributed by atoms with Gasteiger partial charge in [0.15, 0.2) is 16.1 Å². The van der Waals surface area contributed by atoms with Gasteiger partial charge in [-0.15, -0.1) is 0 Å². The summed E-state index contributed by atoms with van der Waals surface area (Å²) >= 11 is 12.7. The van der Waals surface area contributed by atoms with Gasteiger partial charge in [0.1, 0.15) is 19.8 Å². The summed E-state index contributed by atoms with van der Waals surface area (Å²) in [6.07, 6.45) is 2.41. The highest BCUT2D eigenvalue weighted by molar-refractivity contribution is 7.90. The molecule has 2 aromatic rings. The molecule has 0 saturated heterocycles. The third kappa shape index (κ3) is 4.87. The molecule has 0 fully saturated rings. The normalized spacial score (nSPS) is 12.9. The quantitative estimate of drug-likeness (QED) is 0.686. The molecule has 136 valence electrons. The van der Waals surface area contributed by atoms with Crippen LogP contribution in [0.3, 0.4) is 0 Å². The van der Waals surface area contributed by atoms with Gasteiger partial charge in [0.05, 0.1) is 5.75 Å². The van der Waals surface area contributed by atoms with E-state index in [1.165, 1.54) is 31.1 Å². The maximum Gasteiger partial charge on any atom is 0.231 e. The molecule has 11 heteroatoms. The van der Waals surface area contributed by atoms with Crippen LogP contribution in [-0.4, -0.2) is 43.3 Å². The molecule has 0 spiro atoms. The highest BCUT2D eigenvalue weighted by Crippen LogP contribution is 2.38. The Hall–Kier alpha value is -1.29. The van der Waals surface area contributed by atoms with Crippen molar-refractivity contribution < 1.29 is 17.6 Å². The van der Waals surface area contributed by atoms with Crippen LogP contribution in [0, 0.1) is 11.7 Å². The Morgan fingerprint density at radius 1 is 1.40 bits per heavy atom. The second-order valence-corrected chi connectivity index (χ2v) is 9.38. The number of amides is 1. The molecule has 1 unspecified atom stereocenters. The Labute approximate surface area is 158 Å². The lowest BCUT2D eigenvalue weighted by molar-refractivity contribution is -0.121. The van der Waals surface area contributed by atoms with Crippen LogP contribution < -0.4 is 4.90 Å². The van der Waals surface area contributed by atoms with Gasteiger partial charge < -0.3 is 4.90 Å². The molecule has 6 nitrogen and oxygen atoms in total. The zero-order chi connectivity index (χ0) is 18.9. The monoisotopic (exact) mass is 425 g/mol. The van der Waals surface area contributed by atoms with E-state index in [1.54, 1.807) is 0 Å². The van der Waals surface area contributed by atoms with Crippen molar-refractivity contribution in [3.63, 3.8) is 0 Å². The Balaban J connectivity index is 2.29. The number of halogens is 3. The SMILES string of the molecule is CC(CS(C)(=O)=O)C(=O)N(C)c1sc(-c2cnc(Cl)c(F)c2)nc1Cl. The van der Waals surface area contributed by atoms with Gasteiger partial charge in [-0.1, -0.05) is 41.5 Å². The molecule has 0 bridgehead atoms. The average Bonchev–Trinajstić information content (AvgIpc) is 2.88. The summed E-state index contributed by atoms with van der Waals surface area (Å²) in [5.74, 6) is -2.12. The van der Waals surface area contributed by atoms with Gasteiger partial charge in [-0.25, -0.2) is 22.8 Å². The van der Waals surface area contributed by atoms with Crippen molar-refractivity contribution in [1.82, 2.24) is 9.97 Å². The summed E-state index contributed by atoms with van der Waals surface area (Å²) in [5, 5.41) is 0.488. The average molecular weight is 426 g/mol. The number of pyridine rings is 1. The zero-order valence-electron chi connectivity index (χ0n) is 13.5. The van der Waals surface area contributed by atoms with E-state index in [0.29, 0.717) is 15.6 Å². The molecule has 0 radical (unpaired) electrons. The number of nitrogens with zero attached hydrogens (tertiary/aromatic N) is 3. The highest BCUT2D eigenvalue weighted by Gasteiger charge is 2.26. The van der Waals surface area contributed by atoms with Gasteiger partial charge in [0.25, 0.3) is 0 Å². The lowest BCUT2D eigenvalue weighted by Gasteiger charge is -2.19. The molecule has 2 heterocycles. The molecular weight excluding hydrogens is 412 g/mol. The van der Waals surface area contributed by atoms with Crippen LogP contribution in [0.15, 0.2) is 12.3 Å². The Morgan fingerprint density at radius 3 is 2.60 bits per heavy atom. The summed E-state index contributed by atoms with van der Waals surface area (Å²) < 4.78 is 36.3. The molecule has 1 atom stereocenters. The van der Waals surface area contributed by atoms with Crippen molar-refractivity contribution in [3.05, 3.63) is 28.4 Å². The van der Waals surface area contributed by atoms with E-state index in [4.69, 9.17) is 23.2 Å². The van der Waals surface area contributed by atoms with E-state index >= 15 is 0 Å². The van der Waals surface area contributed by atoms with Crippen molar-refractivity contribution >= 4 is 55.3 Å². The Bertz CT molecular complexity index is 918. The zero-order valence-corrected chi connectivity index (χ0v) is 16.6. The molecule has 0 saturated carbocycles. The van der Waals surface area contributed by atoms with Gasteiger partial charge in [-0.2, -0.15) is 0 Å². The molecule has 1 amide bonds. The molecular formula is C14H14Cl2FN3O3S2. The highest BCUT2D eigenvalue weighted by atomic mass is 35.5. The van der Waals surface area contributed by atoms with Gasteiger partial charge in [0.2, 0.25) is 5.91 Å². The first kappa shape index (κ1) is 20.0. The van der Waals surface area contributed by atoms with Crippen molar-refractivity contribution in [1.29, 1.82) is 0 Å². The first-order valence-electron chi connectivity index (χ1n) is 6.92. The van der Waals surface area contributed by atoms with Crippen LogP contribution in [0.25, 0.3) is 10.6 Å². The first-order chi connectivity index (χ1) is 11.5. The van der Waals surface area contributed by atoms with E-state index in [0.717, 1.165) is 17.6 Å². The topological polar surface area (TPSA) is 80.2 Å². The molecule has 2 aromatic heterocycles. The third-order valence-corrected chi connectivity index (χ3v) is 6.16. The molecule has 0 N–H and O–H groups in total. The summed E-state index contributed by atoms with van der Waals surface area (Å²) in [7, 11) is -1.82. The number of sulfone groups is 1. The fourth-order valence-corrected chi connectivity index (χ4v) is 4.56. The number of carbonyl (C=O) groups is 1. The standard InChI is InChI=1S/C14H14Cl2FN3O3S2/c1-7(6-25(3,22)23)13(21)20(2)14-11(16)19-12(24-14)8-4-9(17)10(15)18-5-8/h4-5,7H,6H2,1-3H3. The molecule has 0 aliphatic heterocycles. The van der Waals surface area contributed by atoms with Crippen LogP contribution in [0.1, 0.15) is 6.92 Å². The third-order valence-electron chi connectivity index (χ3n) is 3.22. The minimum Gasteiger partial charge on any atom is -0.304 e. The Morgan fingerprint density at radius 2 is 2.04 bits per heavy atom. The van der Waals surface area contributed by atoms with Crippen LogP contribution in [-0.2, 0) is 14.6 Å². The maximum atomic E-state index is 13.6. The number of anilines is 1. The molecule has 0 aliphatic carbocycles. The lowest BCUT2D eigenvalue weighted by Crippen LogP contribution is -2.34. The summed E-state index contributed by atoms with van der Waals surface area (Å²) in [6.45, 7) is 1.52. The number of rotatable bonds is 5. The predicted octanol–water partition coefficient (Wildman–Crippen LogP) is 3.29.